The van der Waals surface area contributed by atoms with Crippen LogP contribution < -0.4 is 5.32 Å². The second-order valence-electron chi connectivity index (χ2n) is 6.97. The summed E-state index contributed by atoms with van der Waals surface area (Å²) in [5, 5.41) is 7.52. The predicted octanol–water partition coefficient (Wildman–Crippen LogP) is 1.42. The van der Waals surface area contributed by atoms with Crippen molar-refractivity contribution in [2.45, 2.75) is 12.0 Å². The molecule has 24 heavy (non-hydrogen) atoms. The SMILES string of the molecule is CN(C)Cc1cc(-c2noc([C@]34CNC[C@H]3COC4)n2)ccc1F. The Labute approximate surface area is 140 Å². The van der Waals surface area contributed by atoms with Crippen molar-refractivity contribution in [3.8, 4) is 11.4 Å². The topological polar surface area (TPSA) is 63.4 Å². The summed E-state index contributed by atoms with van der Waals surface area (Å²) in [4.78, 5) is 6.54. The highest BCUT2D eigenvalue weighted by Crippen LogP contribution is 2.40. The number of aromatic nitrogens is 2. The van der Waals surface area contributed by atoms with Gasteiger partial charge in [-0.25, -0.2) is 4.39 Å². The molecular weight excluding hydrogens is 311 g/mol. The maximum absolute atomic E-state index is 14.0. The summed E-state index contributed by atoms with van der Waals surface area (Å²) in [7, 11) is 3.82. The van der Waals surface area contributed by atoms with Gasteiger partial charge in [0, 0.05) is 36.7 Å². The van der Waals surface area contributed by atoms with Crippen molar-refractivity contribution in [3.05, 3.63) is 35.5 Å². The number of nitrogens with zero attached hydrogens (tertiary/aromatic N) is 3. The van der Waals surface area contributed by atoms with Crippen LogP contribution >= 0.6 is 0 Å². The van der Waals surface area contributed by atoms with Crippen LogP contribution in [0.4, 0.5) is 4.39 Å². The molecule has 0 amide bonds. The standard InChI is InChI=1S/C17H21FN4O2/c1-22(2)7-12-5-11(3-4-14(12)18)15-20-16(24-21-15)17-9-19-6-13(17)8-23-10-17/h3-5,13,19H,6-10H2,1-2H3/t13-,17-/m0/s1. The third kappa shape index (κ3) is 2.53. The number of ether oxygens (including phenoxy) is 1. The van der Waals surface area contributed by atoms with E-state index in [1.807, 2.05) is 19.0 Å². The fraction of sp³-hybridized carbons (Fsp3) is 0.529. The normalized spacial score (nSPS) is 26.2. The average molecular weight is 332 g/mol. The van der Waals surface area contributed by atoms with Gasteiger partial charge in [0.2, 0.25) is 11.7 Å². The molecule has 0 unspecified atom stereocenters. The number of hydrogen-bond acceptors (Lipinski definition) is 6. The summed E-state index contributed by atoms with van der Waals surface area (Å²) in [6.45, 7) is 3.53. The summed E-state index contributed by atoms with van der Waals surface area (Å²) in [6.07, 6.45) is 0. The van der Waals surface area contributed by atoms with E-state index >= 15 is 0 Å². The lowest BCUT2D eigenvalue weighted by Gasteiger charge is -2.20. The molecule has 0 saturated carbocycles. The van der Waals surface area contributed by atoms with E-state index < -0.39 is 0 Å². The van der Waals surface area contributed by atoms with Gasteiger partial charge in [-0.1, -0.05) is 5.16 Å². The molecule has 0 radical (unpaired) electrons. The molecule has 3 heterocycles. The lowest BCUT2D eigenvalue weighted by atomic mass is 9.81. The minimum absolute atomic E-state index is 0.223. The van der Waals surface area contributed by atoms with Crippen LogP contribution in [0, 0.1) is 11.7 Å². The van der Waals surface area contributed by atoms with Crippen LogP contribution in [0.15, 0.2) is 22.7 Å². The second kappa shape index (κ2) is 5.91. The molecule has 7 heteroatoms. The Morgan fingerprint density at radius 3 is 3.12 bits per heavy atom. The number of hydrogen-bond donors (Lipinski definition) is 1. The maximum Gasteiger partial charge on any atom is 0.237 e. The van der Waals surface area contributed by atoms with Gasteiger partial charge in [-0.2, -0.15) is 4.98 Å². The molecule has 1 aromatic heterocycles. The van der Waals surface area contributed by atoms with Crippen molar-refractivity contribution in [1.29, 1.82) is 0 Å². The lowest BCUT2D eigenvalue weighted by molar-refractivity contribution is 0.161. The molecular formula is C17H21FN4O2. The molecule has 128 valence electrons. The quantitative estimate of drug-likeness (QED) is 0.914. The summed E-state index contributed by atoms with van der Waals surface area (Å²) in [5.41, 5.74) is 1.16. The van der Waals surface area contributed by atoms with Crippen molar-refractivity contribution in [2.75, 3.05) is 40.4 Å². The molecule has 2 aliphatic heterocycles. The van der Waals surface area contributed by atoms with Crippen LogP contribution in [0.5, 0.6) is 0 Å². The lowest BCUT2D eigenvalue weighted by Crippen LogP contribution is -2.35. The van der Waals surface area contributed by atoms with Gasteiger partial charge in [-0.15, -0.1) is 0 Å². The molecule has 0 bridgehead atoms. The van der Waals surface area contributed by atoms with Crippen LogP contribution in [0.3, 0.4) is 0 Å². The molecule has 6 nitrogen and oxygen atoms in total. The van der Waals surface area contributed by atoms with Gasteiger partial charge in [0.25, 0.3) is 0 Å². The smallest absolute Gasteiger partial charge is 0.237 e. The van der Waals surface area contributed by atoms with Crippen LogP contribution in [0.25, 0.3) is 11.4 Å². The van der Waals surface area contributed by atoms with Gasteiger partial charge in [-0.05, 0) is 32.3 Å². The first-order chi connectivity index (χ1) is 11.6. The van der Waals surface area contributed by atoms with Crippen molar-refractivity contribution in [3.63, 3.8) is 0 Å². The Hall–Kier alpha value is -1.83. The van der Waals surface area contributed by atoms with Crippen LogP contribution in [0.2, 0.25) is 0 Å². The van der Waals surface area contributed by atoms with Crippen molar-refractivity contribution < 1.29 is 13.7 Å². The highest BCUT2D eigenvalue weighted by Gasteiger charge is 2.52. The first-order valence-electron chi connectivity index (χ1n) is 8.15. The molecule has 0 aliphatic carbocycles. The van der Waals surface area contributed by atoms with E-state index in [0.29, 0.717) is 43.0 Å². The van der Waals surface area contributed by atoms with E-state index in [9.17, 15) is 4.39 Å². The van der Waals surface area contributed by atoms with E-state index in [-0.39, 0.29) is 11.2 Å². The van der Waals surface area contributed by atoms with E-state index in [1.54, 1.807) is 12.1 Å². The van der Waals surface area contributed by atoms with Crippen LogP contribution in [-0.4, -0.2) is 55.4 Å². The molecule has 2 aromatic rings. The monoisotopic (exact) mass is 332 g/mol. The van der Waals surface area contributed by atoms with E-state index in [0.717, 1.165) is 18.7 Å². The first kappa shape index (κ1) is 15.7. The molecule has 1 aromatic carbocycles. The highest BCUT2D eigenvalue weighted by molar-refractivity contribution is 5.56. The Balaban J connectivity index is 1.66. The first-order valence-corrected chi connectivity index (χ1v) is 8.15. The summed E-state index contributed by atoms with van der Waals surface area (Å²) in [6, 6.07) is 4.94. The third-order valence-corrected chi connectivity index (χ3v) is 4.93. The highest BCUT2D eigenvalue weighted by atomic mass is 19.1. The van der Waals surface area contributed by atoms with Crippen molar-refractivity contribution >= 4 is 0 Å². The molecule has 2 fully saturated rings. The number of halogens is 1. The van der Waals surface area contributed by atoms with Gasteiger partial charge in [0.15, 0.2) is 0 Å². The van der Waals surface area contributed by atoms with Gasteiger partial charge in [0.05, 0.1) is 18.6 Å². The number of fused-ring (bicyclic) bond motifs is 1. The summed E-state index contributed by atoms with van der Waals surface area (Å²) < 4.78 is 25.2. The fourth-order valence-electron chi connectivity index (χ4n) is 3.61. The van der Waals surface area contributed by atoms with Crippen molar-refractivity contribution in [1.82, 2.24) is 20.4 Å². The number of benzene rings is 1. The number of rotatable bonds is 4. The predicted molar refractivity (Wildman–Crippen MR) is 85.9 cm³/mol. The molecule has 4 rings (SSSR count). The largest absolute Gasteiger partial charge is 0.380 e. The minimum Gasteiger partial charge on any atom is -0.380 e. The number of nitrogens with one attached hydrogen (secondary N) is 1. The van der Waals surface area contributed by atoms with Gasteiger partial charge >= 0.3 is 0 Å². The fourth-order valence-corrected chi connectivity index (χ4v) is 3.61. The van der Waals surface area contributed by atoms with Gasteiger partial charge in [-0.3, -0.25) is 0 Å². The van der Waals surface area contributed by atoms with E-state index in [4.69, 9.17) is 9.26 Å². The average Bonchev–Trinajstić information content (AvgIpc) is 3.22. The molecule has 1 N–H and O–H groups in total. The third-order valence-electron chi connectivity index (χ3n) is 4.93. The molecule has 2 aliphatic rings. The Bertz CT molecular complexity index is 736. The molecule has 2 saturated heterocycles. The summed E-state index contributed by atoms with van der Waals surface area (Å²) in [5.74, 6) is 1.25. The zero-order valence-corrected chi connectivity index (χ0v) is 13.9. The summed E-state index contributed by atoms with van der Waals surface area (Å²) >= 11 is 0. The zero-order valence-electron chi connectivity index (χ0n) is 13.9. The molecule has 0 spiro atoms. The molecule has 2 atom stereocenters. The zero-order chi connectivity index (χ0) is 16.7. The second-order valence-corrected chi connectivity index (χ2v) is 6.97. The Kier molecular flexibility index (Phi) is 3.86. The van der Waals surface area contributed by atoms with Crippen LogP contribution in [-0.2, 0) is 16.7 Å². The minimum atomic E-state index is -0.224. The Morgan fingerprint density at radius 1 is 1.42 bits per heavy atom. The van der Waals surface area contributed by atoms with Crippen molar-refractivity contribution in [2.24, 2.45) is 5.92 Å². The van der Waals surface area contributed by atoms with E-state index in [2.05, 4.69) is 15.5 Å². The van der Waals surface area contributed by atoms with E-state index in [1.165, 1.54) is 6.07 Å². The van der Waals surface area contributed by atoms with Gasteiger partial charge < -0.3 is 19.5 Å². The Morgan fingerprint density at radius 2 is 2.29 bits per heavy atom. The van der Waals surface area contributed by atoms with Gasteiger partial charge in [0.1, 0.15) is 5.82 Å². The van der Waals surface area contributed by atoms with Crippen LogP contribution in [0.1, 0.15) is 11.5 Å². The maximum atomic E-state index is 14.0.